The zero-order valence-electron chi connectivity index (χ0n) is 8.23. The SMILES string of the molecule is CC(C)=C[C@H]1OC(=O)C(=CCO)[C@@H]1O. The van der Waals surface area contributed by atoms with Gasteiger partial charge in [-0.1, -0.05) is 5.57 Å². The van der Waals surface area contributed by atoms with Crippen molar-refractivity contribution in [3.8, 4) is 0 Å². The number of hydrogen-bond donors (Lipinski definition) is 2. The van der Waals surface area contributed by atoms with Crippen molar-refractivity contribution in [1.29, 1.82) is 0 Å². The molecule has 1 aliphatic rings. The van der Waals surface area contributed by atoms with Gasteiger partial charge in [0.15, 0.2) is 6.10 Å². The van der Waals surface area contributed by atoms with Gasteiger partial charge in [-0.05, 0) is 26.0 Å². The number of rotatable bonds is 2. The molecule has 0 aromatic rings. The lowest BCUT2D eigenvalue weighted by Gasteiger charge is -2.07. The van der Waals surface area contributed by atoms with Crippen LogP contribution in [0.25, 0.3) is 0 Å². The highest BCUT2D eigenvalue weighted by Gasteiger charge is 2.36. The number of allylic oxidation sites excluding steroid dienone is 1. The average Bonchev–Trinajstić information content (AvgIpc) is 2.32. The van der Waals surface area contributed by atoms with Crippen LogP contribution in [-0.4, -0.2) is 35.0 Å². The Balaban J connectivity index is 2.84. The number of carbonyl (C=O) groups excluding carboxylic acids is 1. The van der Waals surface area contributed by atoms with Crippen LogP contribution in [-0.2, 0) is 9.53 Å². The van der Waals surface area contributed by atoms with E-state index in [9.17, 15) is 9.90 Å². The molecule has 0 spiro atoms. The third kappa shape index (κ3) is 2.21. The number of aliphatic hydroxyl groups excluding tert-OH is 2. The van der Waals surface area contributed by atoms with Crippen LogP contribution in [0.2, 0.25) is 0 Å². The van der Waals surface area contributed by atoms with Gasteiger partial charge in [0.05, 0.1) is 12.2 Å². The fourth-order valence-corrected chi connectivity index (χ4v) is 1.31. The predicted molar refractivity (Wildman–Crippen MR) is 50.5 cm³/mol. The Kier molecular flexibility index (Phi) is 3.43. The summed E-state index contributed by atoms with van der Waals surface area (Å²) in [5.41, 5.74) is 1.10. The number of cyclic esters (lactones) is 1. The Morgan fingerprint density at radius 3 is 2.71 bits per heavy atom. The van der Waals surface area contributed by atoms with Crippen LogP contribution in [0.5, 0.6) is 0 Å². The van der Waals surface area contributed by atoms with Crippen LogP contribution in [0.15, 0.2) is 23.3 Å². The summed E-state index contributed by atoms with van der Waals surface area (Å²) in [7, 11) is 0. The van der Waals surface area contributed by atoms with Gasteiger partial charge in [-0.2, -0.15) is 0 Å². The van der Waals surface area contributed by atoms with E-state index in [0.717, 1.165) is 5.57 Å². The van der Waals surface area contributed by atoms with Crippen LogP contribution >= 0.6 is 0 Å². The Morgan fingerprint density at radius 1 is 1.57 bits per heavy atom. The van der Waals surface area contributed by atoms with E-state index in [1.54, 1.807) is 6.08 Å². The molecule has 4 nitrogen and oxygen atoms in total. The summed E-state index contributed by atoms with van der Waals surface area (Å²) < 4.78 is 4.90. The molecule has 0 aromatic heterocycles. The normalized spacial score (nSPS) is 29.1. The Labute approximate surface area is 82.5 Å². The van der Waals surface area contributed by atoms with E-state index in [2.05, 4.69) is 0 Å². The van der Waals surface area contributed by atoms with Gasteiger partial charge in [-0.3, -0.25) is 0 Å². The van der Waals surface area contributed by atoms with Crippen molar-refractivity contribution in [2.24, 2.45) is 0 Å². The molecule has 0 amide bonds. The second-order valence-electron chi connectivity index (χ2n) is 3.40. The van der Waals surface area contributed by atoms with Crippen molar-refractivity contribution >= 4 is 5.97 Å². The van der Waals surface area contributed by atoms with Crippen LogP contribution in [0.3, 0.4) is 0 Å². The van der Waals surface area contributed by atoms with Crippen LogP contribution in [0, 0.1) is 0 Å². The highest BCUT2D eigenvalue weighted by atomic mass is 16.6. The van der Waals surface area contributed by atoms with Crippen molar-refractivity contribution in [2.45, 2.75) is 26.1 Å². The maximum absolute atomic E-state index is 11.2. The lowest BCUT2D eigenvalue weighted by atomic mass is 10.1. The van der Waals surface area contributed by atoms with E-state index in [4.69, 9.17) is 9.84 Å². The van der Waals surface area contributed by atoms with Gasteiger partial charge in [-0.25, -0.2) is 4.79 Å². The quantitative estimate of drug-likeness (QED) is 0.377. The highest BCUT2D eigenvalue weighted by molar-refractivity contribution is 5.92. The minimum atomic E-state index is -0.968. The van der Waals surface area contributed by atoms with Gasteiger partial charge >= 0.3 is 5.97 Å². The summed E-state index contributed by atoms with van der Waals surface area (Å²) in [6, 6.07) is 0. The lowest BCUT2D eigenvalue weighted by molar-refractivity contribution is -0.137. The largest absolute Gasteiger partial charge is 0.452 e. The van der Waals surface area contributed by atoms with E-state index in [0.29, 0.717) is 0 Å². The molecule has 1 saturated heterocycles. The first-order chi connectivity index (χ1) is 6.56. The van der Waals surface area contributed by atoms with E-state index in [1.165, 1.54) is 6.08 Å². The Hall–Kier alpha value is -1.13. The molecule has 0 aromatic carbocycles. The number of ether oxygens (including phenoxy) is 1. The number of aliphatic hydroxyl groups is 2. The monoisotopic (exact) mass is 198 g/mol. The Bertz CT molecular complexity index is 286. The molecule has 1 heterocycles. The van der Waals surface area contributed by atoms with Gasteiger partial charge in [0, 0.05) is 0 Å². The van der Waals surface area contributed by atoms with E-state index >= 15 is 0 Å². The molecule has 0 unspecified atom stereocenters. The minimum absolute atomic E-state index is 0.134. The van der Waals surface area contributed by atoms with Crippen LogP contribution in [0.4, 0.5) is 0 Å². The second kappa shape index (κ2) is 4.39. The maximum Gasteiger partial charge on any atom is 0.337 e. The smallest absolute Gasteiger partial charge is 0.337 e. The van der Waals surface area contributed by atoms with Gasteiger partial charge in [-0.15, -0.1) is 0 Å². The molecule has 0 saturated carbocycles. The Morgan fingerprint density at radius 2 is 2.21 bits per heavy atom. The van der Waals surface area contributed by atoms with Gasteiger partial charge in [0.2, 0.25) is 0 Å². The zero-order chi connectivity index (χ0) is 10.7. The molecule has 78 valence electrons. The summed E-state index contributed by atoms with van der Waals surface area (Å²) in [4.78, 5) is 11.2. The van der Waals surface area contributed by atoms with Crippen molar-refractivity contribution < 1.29 is 19.7 Å². The first-order valence-corrected chi connectivity index (χ1v) is 4.41. The third-order valence-electron chi connectivity index (χ3n) is 1.92. The first-order valence-electron chi connectivity index (χ1n) is 4.41. The van der Waals surface area contributed by atoms with Crippen LogP contribution in [0.1, 0.15) is 13.8 Å². The first kappa shape index (κ1) is 10.9. The van der Waals surface area contributed by atoms with Gasteiger partial charge < -0.3 is 14.9 Å². The molecule has 2 atom stereocenters. The topological polar surface area (TPSA) is 66.8 Å². The molecule has 1 rings (SSSR count). The molecule has 2 N–H and O–H groups in total. The number of carbonyl (C=O) groups is 1. The summed E-state index contributed by atoms with van der Waals surface area (Å²) in [5.74, 6) is -0.561. The molecule has 0 radical (unpaired) electrons. The number of hydrogen-bond acceptors (Lipinski definition) is 4. The average molecular weight is 198 g/mol. The van der Waals surface area contributed by atoms with Gasteiger partial charge in [0.25, 0.3) is 0 Å². The molecule has 0 bridgehead atoms. The standard InChI is InChI=1S/C10H14O4/c1-6(2)5-8-9(12)7(3-4-11)10(13)14-8/h3,5,8-9,11-12H,4H2,1-2H3/t8-,9+/m1/s1. The van der Waals surface area contributed by atoms with Crippen molar-refractivity contribution in [1.82, 2.24) is 0 Å². The summed E-state index contributed by atoms with van der Waals surface area (Å²) >= 11 is 0. The maximum atomic E-state index is 11.2. The van der Waals surface area contributed by atoms with E-state index in [-0.39, 0.29) is 12.2 Å². The summed E-state index contributed by atoms with van der Waals surface area (Å²) in [5, 5.41) is 18.2. The van der Waals surface area contributed by atoms with Crippen molar-refractivity contribution in [2.75, 3.05) is 6.61 Å². The van der Waals surface area contributed by atoms with E-state index < -0.39 is 18.2 Å². The second-order valence-corrected chi connectivity index (χ2v) is 3.40. The summed E-state index contributed by atoms with van der Waals surface area (Å²) in [6.45, 7) is 3.44. The number of esters is 1. The molecular weight excluding hydrogens is 184 g/mol. The molecule has 4 heteroatoms. The lowest BCUT2D eigenvalue weighted by Crippen LogP contribution is -2.19. The third-order valence-corrected chi connectivity index (χ3v) is 1.92. The predicted octanol–water partition coefficient (Wildman–Crippen LogP) is 0.158. The molecule has 0 aliphatic carbocycles. The molecule has 14 heavy (non-hydrogen) atoms. The van der Waals surface area contributed by atoms with Crippen molar-refractivity contribution in [3.63, 3.8) is 0 Å². The fourth-order valence-electron chi connectivity index (χ4n) is 1.31. The minimum Gasteiger partial charge on any atom is -0.452 e. The van der Waals surface area contributed by atoms with Crippen LogP contribution < -0.4 is 0 Å². The summed E-state index contributed by atoms with van der Waals surface area (Å²) in [6.07, 6.45) is 1.36. The zero-order valence-corrected chi connectivity index (χ0v) is 8.23. The van der Waals surface area contributed by atoms with Gasteiger partial charge in [0.1, 0.15) is 6.10 Å². The molecular formula is C10H14O4. The molecule has 1 aliphatic heterocycles. The fraction of sp³-hybridized carbons (Fsp3) is 0.500. The van der Waals surface area contributed by atoms with E-state index in [1.807, 2.05) is 13.8 Å². The molecule has 1 fully saturated rings. The highest BCUT2D eigenvalue weighted by Crippen LogP contribution is 2.22. The van der Waals surface area contributed by atoms with Crippen molar-refractivity contribution in [3.05, 3.63) is 23.3 Å².